The second kappa shape index (κ2) is 7.26. The van der Waals surface area contributed by atoms with Crippen LogP contribution >= 0.6 is 11.6 Å². The average Bonchev–Trinajstić information content (AvgIpc) is 3.12. The molecule has 0 spiro atoms. The Morgan fingerprint density at radius 2 is 1.78 bits per heavy atom. The van der Waals surface area contributed by atoms with Crippen LogP contribution in [0.3, 0.4) is 0 Å². The van der Waals surface area contributed by atoms with Gasteiger partial charge in [-0.05, 0) is 30.3 Å². The maximum absolute atomic E-state index is 12.3. The van der Waals surface area contributed by atoms with E-state index >= 15 is 0 Å². The number of benzene rings is 2. The first-order chi connectivity index (χ1) is 12.8. The molecule has 0 atom stereocenters. The Kier molecular flexibility index (Phi) is 4.86. The van der Waals surface area contributed by atoms with E-state index in [-0.39, 0.29) is 33.6 Å². The summed E-state index contributed by atoms with van der Waals surface area (Å²) in [5.41, 5.74) is 0.157. The highest BCUT2D eigenvalue weighted by Gasteiger charge is 2.17. The zero-order chi connectivity index (χ0) is 19.6. The van der Waals surface area contributed by atoms with Crippen molar-refractivity contribution in [1.82, 2.24) is 0 Å². The van der Waals surface area contributed by atoms with Crippen LogP contribution in [0.5, 0.6) is 0 Å². The van der Waals surface area contributed by atoms with Gasteiger partial charge in [0.1, 0.15) is 10.8 Å². The molecule has 0 saturated carbocycles. The number of carbonyl (C=O) groups is 1. The first-order valence-electron chi connectivity index (χ1n) is 7.45. The molecule has 0 aliphatic heterocycles. The number of nitrogens with zero attached hydrogens (tertiary/aromatic N) is 2. The molecule has 1 aromatic heterocycles. The lowest BCUT2D eigenvalue weighted by molar-refractivity contribution is -0.384. The molecule has 1 N–H and O–H groups in total. The van der Waals surface area contributed by atoms with E-state index in [1.807, 2.05) is 0 Å². The lowest BCUT2D eigenvalue weighted by atomic mass is 10.1. The molecule has 2 aromatic carbocycles. The molecule has 1 amide bonds. The summed E-state index contributed by atoms with van der Waals surface area (Å²) in [6, 6.07) is 12.4. The van der Waals surface area contributed by atoms with E-state index in [4.69, 9.17) is 16.0 Å². The first kappa shape index (κ1) is 18.1. The van der Waals surface area contributed by atoms with Crippen molar-refractivity contribution in [1.29, 1.82) is 0 Å². The third kappa shape index (κ3) is 3.93. The number of carbonyl (C=O) groups excluding carboxylic acids is 1. The molecule has 3 aromatic rings. The van der Waals surface area contributed by atoms with Gasteiger partial charge in [0.2, 0.25) is 0 Å². The number of amides is 1. The van der Waals surface area contributed by atoms with Gasteiger partial charge in [-0.25, -0.2) is 0 Å². The highest BCUT2D eigenvalue weighted by atomic mass is 35.5. The van der Waals surface area contributed by atoms with Crippen LogP contribution in [-0.4, -0.2) is 15.8 Å². The van der Waals surface area contributed by atoms with Gasteiger partial charge >= 0.3 is 0 Å². The molecule has 27 heavy (non-hydrogen) atoms. The topological polar surface area (TPSA) is 129 Å². The zero-order valence-electron chi connectivity index (χ0n) is 13.4. The van der Waals surface area contributed by atoms with Crippen molar-refractivity contribution in [3.8, 4) is 11.3 Å². The summed E-state index contributed by atoms with van der Waals surface area (Å²) >= 11 is 5.78. The SMILES string of the molecule is O=C(Nc1cccc([N+](=O)[O-])c1)c1ccc(-c2ccc(Cl)c([N+](=O)[O-])c2)o1. The molecule has 0 radical (unpaired) electrons. The van der Waals surface area contributed by atoms with Gasteiger partial charge in [0.25, 0.3) is 17.3 Å². The van der Waals surface area contributed by atoms with Crippen LogP contribution in [0.2, 0.25) is 5.02 Å². The fraction of sp³-hybridized carbons (Fsp3) is 0. The number of nitro benzene ring substituents is 2. The number of rotatable bonds is 5. The smallest absolute Gasteiger partial charge is 0.291 e. The number of hydrogen-bond acceptors (Lipinski definition) is 6. The predicted octanol–water partition coefficient (Wildman–Crippen LogP) is 4.67. The standard InChI is InChI=1S/C17H10ClN3O6/c18-13-5-4-10(8-14(13)21(25)26)15-6-7-16(27-15)17(22)19-11-2-1-3-12(9-11)20(23)24/h1-9H,(H,19,22). The minimum Gasteiger partial charge on any atom is -0.451 e. The number of nitrogens with one attached hydrogen (secondary N) is 1. The van der Waals surface area contributed by atoms with E-state index in [0.717, 1.165) is 0 Å². The van der Waals surface area contributed by atoms with Gasteiger partial charge < -0.3 is 9.73 Å². The molecule has 0 fully saturated rings. The maximum Gasteiger partial charge on any atom is 0.291 e. The highest BCUT2D eigenvalue weighted by molar-refractivity contribution is 6.32. The van der Waals surface area contributed by atoms with Crippen LogP contribution in [0.4, 0.5) is 17.1 Å². The maximum atomic E-state index is 12.3. The Balaban J connectivity index is 1.82. The summed E-state index contributed by atoms with van der Waals surface area (Å²) in [4.78, 5) is 32.8. The molecule has 0 unspecified atom stereocenters. The van der Waals surface area contributed by atoms with Gasteiger partial charge in [0, 0.05) is 29.4 Å². The fourth-order valence-electron chi connectivity index (χ4n) is 2.31. The molecule has 10 heteroatoms. The minimum absolute atomic E-state index is 0.0149. The van der Waals surface area contributed by atoms with E-state index in [9.17, 15) is 25.0 Å². The van der Waals surface area contributed by atoms with E-state index in [2.05, 4.69) is 5.32 Å². The van der Waals surface area contributed by atoms with E-state index in [0.29, 0.717) is 5.56 Å². The van der Waals surface area contributed by atoms with Crippen LogP contribution < -0.4 is 5.32 Å². The Hall–Kier alpha value is -3.72. The Labute approximate surface area is 156 Å². The lowest BCUT2D eigenvalue weighted by Gasteiger charge is -2.03. The molecule has 0 saturated heterocycles. The number of non-ortho nitro benzene ring substituents is 1. The lowest BCUT2D eigenvalue weighted by Crippen LogP contribution is -2.10. The summed E-state index contributed by atoms with van der Waals surface area (Å²) in [5, 5.41) is 24.2. The largest absolute Gasteiger partial charge is 0.451 e. The number of hydrogen-bond donors (Lipinski definition) is 1. The van der Waals surface area contributed by atoms with Gasteiger partial charge in [0.05, 0.1) is 9.85 Å². The Morgan fingerprint density at radius 1 is 1.00 bits per heavy atom. The van der Waals surface area contributed by atoms with Crippen molar-refractivity contribution in [3.63, 3.8) is 0 Å². The Bertz CT molecular complexity index is 1060. The first-order valence-corrected chi connectivity index (χ1v) is 7.83. The van der Waals surface area contributed by atoms with Gasteiger partial charge in [-0.15, -0.1) is 0 Å². The quantitative estimate of drug-likeness (QED) is 0.500. The van der Waals surface area contributed by atoms with Gasteiger partial charge in [-0.3, -0.25) is 25.0 Å². The van der Waals surface area contributed by atoms with Crippen molar-refractivity contribution < 1.29 is 19.1 Å². The van der Waals surface area contributed by atoms with Crippen LogP contribution in [0.1, 0.15) is 10.6 Å². The van der Waals surface area contributed by atoms with Crippen molar-refractivity contribution in [2.24, 2.45) is 0 Å². The molecule has 1 heterocycles. The van der Waals surface area contributed by atoms with Crippen LogP contribution in [0.25, 0.3) is 11.3 Å². The summed E-state index contributed by atoms with van der Waals surface area (Å²) in [6.45, 7) is 0. The molecule has 136 valence electrons. The average molecular weight is 388 g/mol. The molecule has 0 aliphatic carbocycles. The monoisotopic (exact) mass is 387 g/mol. The zero-order valence-corrected chi connectivity index (χ0v) is 14.2. The Morgan fingerprint density at radius 3 is 2.48 bits per heavy atom. The second-order valence-corrected chi connectivity index (χ2v) is 5.76. The van der Waals surface area contributed by atoms with E-state index in [1.165, 1.54) is 54.6 Å². The van der Waals surface area contributed by atoms with Crippen LogP contribution in [-0.2, 0) is 0 Å². The third-order valence-electron chi connectivity index (χ3n) is 3.57. The van der Waals surface area contributed by atoms with Gasteiger partial charge in [-0.1, -0.05) is 17.7 Å². The van der Waals surface area contributed by atoms with Crippen LogP contribution in [0, 0.1) is 20.2 Å². The summed E-state index contributed by atoms with van der Waals surface area (Å²) in [6.07, 6.45) is 0. The van der Waals surface area contributed by atoms with Crippen molar-refractivity contribution in [3.05, 3.63) is 85.6 Å². The number of furan rings is 1. The van der Waals surface area contributed by atoms with Gasteiger partial charge in [-0.2, -0.15) is 0 Å². The molecule has 9 nitrogen and oxygen atoms in total. The molecular formula is C17H10ClN3O6. The molecular weight excluding hydrogens is 378 g/mol. The van der Waals surface area contributed by atoms with Gasteiger partial charge in [0.15, 0.2) is 5.76 Å². The molecule has 0 aliphatic rings. The number of nitro groups is 2. The minimum atomic E-state index is -0.620. The predicted molar refractivity (Wildman–Crippen MR) is 96.9 cm³/mol. The van der Waals surface area contributed by atoms with Crippen molar-refractivity contribution >= 4 is 34.6 Å². The normalized spacial score (nSPS) is 10.4. The summed E-state index contributed by atoms with van der Waals surface area (Å²) in [5.74, 6) is -0.446. The number of anilines is 1. The van der Waals surface area contributed by atoms with E-state index in [1.54, 1.807) is 0 Å². The third-order valence-corrected chi connectivity index (χ3v) is 3.89. The van der Waals surface area contributed by atoms with E-state index < -0.39 is 15.8 Å². The fourth-order valence-corrected chi connectivity index (χ4v) is 2.50. The molecule has 3 rings (SSSR count). The van der Waals surface area contributed by atoms with Crippen LogP contribution in [0.15, 0.2) is 59.0 Å². The summed E-state index contributed by atoms with van der Waals surface area (Å²) in [7, 11) is 0. The highest BCUT2D eigenvalue weighted by Crippen LogP contribution is 2.31. The summed E-state index contributed by atoms with van der Waals surface area (Å²) < 4.78 is 5.44. The van der Waals surface area contributed by atoms with Crippen molar-refractivity contribution in [2.75, 3.05) is 5.32 Å². The number of halogens is 1. The second-order valence-electron chi connectivity index (χ2n) is 5.35. The van der Waals surface area contributed by atoms with Crippen molar-refractivity contribution in [2.45, 2.75) is 0 Å². The molecule has 0 bridgehead atoms.